The first-order chi connectivity index (χ1) is 7.91. The van der Waals surface area contributed by atoms with Gasteiger partial charge in [-0.15, -0.1) is 0 Å². The molecule has 1 aromatic rings. The molecule has 0 N–H and O–H groups in total. The van der Waals surface area contributed by atoms with Crippen molar-refractivity contribution in [1.29, 1.82) is 0 Å². The maximum atomic E-state index is 12.0. The molecule has 0 aliphatic heterocycles. The van der Waals surface area contributed by atoms with Crippen LogP contribution in [-0.4, -0.2) is 14.5 Å². The fourth-order valence-electron chi connectivity index (χ4n) is 1.39. The number of hydrogen-bond acceptors (Lipinski definition) is 2. The van der Waals surface area contributed by atoms with Gasteiger partial charge in [-0.1, -0.05) is 47.8 Å². The molecule has 1 heterocycles. The van der Waals surface area contributed by atoms with Gasteiger partial charge in [0.15, 0.2) is 0 Å². The van der Waals surface area contributed by atoms with E-state index in [4.69, 9.17) is 0 Å². The predicted octanol–water partition coefficient (Wildman–Crippen LogP) is 2.88. The van der Waals surface area contributed by atoms with Crippen LogP contribution >= 0.6 is 63.7 Å². The van der Waals surface area contributed by atoms with Crippen LogP contribution in [0.2, 0.25) is 0 Å². The van der Waals surface area contributed by atoms with Crippen LogP contribution in [0.1, 0.15) is 15.9 Å². The maximum absolute atomic E-state index is 12.0. The highest BCUT2D eigenvalue weighted by Crippen LogP contribution is 2.32. The second kappa shape index (κ2) is 6.68. The van der Waals surface area contributed by atoms with Crippen LogP contribution in [0.4, 0.5) is 0 Å². The number of rotatable bonds is 4. The van der Waals surface area contributed by atoms with Gasteiger partial charge in [-0.3, -0.25) is 13.9 Å². The van der Waals surface area contributed by atoms with Gasteiger partial charge in [0, 0.05) is 18.9 Å². The number of alkyl halides is 3. The SMILES string of the molecule is Cn1c(=O)c(Br)c(C(Br)Br)n(CCCBr)c1=O. The molecule has 1 aromatic heterocycles. The number of aromatic nitrogens is 2. The third kappa shape index (κ3) is 3.33. The number of hydrogen-bond donors (Lipinski definition) is 0. The summed E-state index contributed by atoms with van der Waals surface area (Å²) in [5.41, 5.74) is -0.0268. The van der Waals surface area contributed by atoms with Gasteiger partial charge >= 0.3 is 5.69 Å². The lowest BCUT2D eigenvalue weighted by atomic mass is 10.4. The fraction of sp³-hybridized carbons (Fsp3) is 0.556. The number of nitrogens with zero attached hydrogens (tertiary/aromatic N) is 2. The zero-order valence-corrected chi connectivity index (χ0v) is 15.3. The third-order valence-corrected chi connectivity index (χ3v) is 4.42. The minimum atomic E-state index is -0.330. The van der Waals surface area contributed by atoms with Gasteiger partial charge in [0.05, 0.1) is 5.69 Å². The Morgan fingerprint density at radius 3 is 2.35 bits per heavy atom. The lowest BCUT2D eigenvalue weighted by Gasteiger charge is -2.16. The molecule has 4 nitrogen and oxygen atoms in total. The molecular formula is C9H10Br4N2O2. The molecule has 8 heteroatoms. The van der Waals surface area contributed by atoms with Gasteiger partial charge in [-0.2, -0.15) is 0 Å². The Morgan fingerprint density at radius 2 is 1.88 bits per heavy atom. The molecule has 17 heavy (non-hydrogen) atoms. The van der Waals surface area contributed by atoms with Crippen molar-refractivity contribution in [2.24, 2.45) is 7.05 Å². The molecule has 0 spiro atoms. The molecule has 0 aliphatic carbocycles. The summed E-state index contributed by atoms with van der Waals surface area (Å²) < 4.78 is 2.83. The van der Waals surface area contributed by atoms with E-state index in [9.17, 15) is 9.59 Å². The van der Waals surface area contributed by atoms with E-state index >= 15 is 0 Å². The van der Waals surface area contributed by atoms with Crippen molar-refractivity contribution in [3.05, 3.63) is 31.0 Å². The zero-order valence-electron chi connectivity index (χ0n) is 8.92. The Bertz CT molecular complexity index is 521. The highest BCUT2D eigenvalue weighted by Gasteiger charge is 2.19. The Labute approximate surface area is 132 Å². The second-order valence-corrected chi connectivity index (χ2v) is 7.99. The van der Waals surface area contributed by atoms with Crippen molar-refractivity contribution < 1.29 is 0 Å². The molecule has 0 amide bonds. The topological polar surface area (TPSA) is 44.0 Å². The van der Waals surface area contributed by atoms with E-state index in [1.807, 2.05) is 0 Å². The first-order valence-electron chi connectivity index (χ1n) is 4.75. The molecule has 1 rings (SSSR count). The maximum Gasteiger partial charge on any atom is 0.331 e. The predicted molar refractivity (Wildman–Crippen MR) is 82.6 cm³/mol. The highest BCUT2D eigenvalue weighted by atomic mass is 79.9. The summed E-state index contributed by atoms with van der Waals surface area (Å²) in [5, 5.41) is 0.800. The van der Waals surface area contributed by atoms with Gasteiger partial charge < -0.3 is 0 Å². The van der Waals surface area contributed by atoms with E-state index in [1.165, 1.54) is 7.05 Å². The summed E-state index contributed by atoms with van der Waals surface area (Å²) in [5.74, 6) is 0. The Balaban J connectivity index is 3.54. The van der Waals surface area contributed by atoms with E-state index in [0.717, 1.165) is 16.3 Å². The van der Waals surface area contributed by atoms with Crippen molar-refractivity contribution in [3.8, 4) is 0 Å². The molecule has 0 radical (unpaired) electrons. The molecule has 0 aromatic carbocycles. The van der Waals surface area contributed by atoms with Crippen LogP contribution < -0.4 is 11.2 Å². The van der Waals surface area contributed by atoms with Crippen LogP contribution in [0.15, 0.2) is 14.1 Å². The van der Waals surface area contributed by atoms with E-state index in [0.29, 0.717) is 16.7 Å². The summed E-state index contributed by atoms with van der Waals surface area (Å²) in [6, 6.07) is 0. The first-order valence-corrected chi connectivity index (χ1v) is 8.49. The standard InChI is InChI=1S/C9H10Br4N2O2/c1-14-8(16)5(11)6(7(12)13)15(9(14)17)4-2-3-10/h7H,2-4H2,1H3. The van der Waals surface area contributed by atoms with Crippen LogP contribution in [-0.2, 0) is 13.6 Å². The Morgan fingerprint density at radius 1 is 1.29 bits per heavy atom. The van der Waals surface area contributed by atoms with E-state index < -0.39 is 0 Å². The van der Waals surface area contributed by atoms with Gasteiger partial charge in [0.1, 0.15) is 8.21 Å². The summed E-state index contributed by atoms with van der Waals surface area (Å²) in [6.07, 6.45) is 0.810. The highest BCUT2D eigenvalue weighted by molar-refractivity contribution is 9.24. The van der Waals surface area contributed by atoms with E-state index in [2.05, 4.69) is 63.7 Å². The summed E-state index contributed by atoms with van der Waals surface area (Å²) in [4.78, 5) is 23.8. The van der Waals surface area contributed by atoms with Crippen molar-refractivity contribution in [3.63, 3.8) is 0 Å². The average Bonchev–Trinajstić information content (AvgIpc) is 2.28. The minimum Gasteiger partial charge on any atom is -0.294 e. The van der Waals surface area contributed by atoms with Crippen LogP contribution in [0.25, 0.3) is 0 Å². The Kier molecular flexibility index (Phi) is 6.15. The van der Waals surface area contributed by atoms with Gasteiger partial charge in [-0.25, -0.2) is 4.79 Å². The van der Waals surface area contributed by atoms with E-state index in [1.54, 1.807) is 4.57 Å². The molecular weight excluding hydrogens is 488 g/mol. The monoisotopic (exact) mass is 494 g/mol. The van der Waals surface area contributed by atoms with Gasteiger partial charge in [0.2, 0.25) is 0 Å². The molecule has 0 atom stereocenters. The third-order valence-electron chi connectivity index (χ3n) is 2.25. The van der Waals surface area contributed by atoms with Gasteiger partial charge in [0.25, 0.3) is 5.56 Å². The normalized spacial score (nSPS) is 11.2. The van der Waals surface area contributed by atoms with Crippen LogP contribution in [0.5, 0.6) is 0 Å². The van der Waals surface area contributed by atoms with Crippen molar-refractivity contribution in [2.75, 3.05) is 5.33 Å². The second-order valence-electron chi connectivity index (χ2n) is 3.34. The lowest BCUT2D eigenvalue weighted by molar-refractivity contribution is 0.571. The largest absolute Gasteiger partial charge is 0.331 e. The minimum absolute atomic E-state index is 0.249. The molecule has 96 valence electrons. The van der Waals surface area contributed by atoms with Crippen molar-refractivity contribution >= 4 is 63.7 Å². The quantitative estimate of drug-likeness (QED) is 0.601. The van der Waals surface area contributed by atoms with Crippen LogP contribution in [0, 0.1) is 0 Å². The molecule has 0 unspecified atom stereocenters. The molecule has 0 bridgehead atoms. The molecule has 0 aliphatic rings. The molecule has 0 fully saturated rings. The van der Waals surface area contributed by atoms with E-state index in [-0.39, 0.29) is 15.0 Å². The summed E-state index contributed by atoms with van der Waals surface area (Å²) in [7, 11) is 1.47. The molecule has 0 saturated heterocycles. The van der Waals surface area contributed by atoms with Crippen molar-refractivity contribution in [2.45, 2.75) is 16.7 Å². The average molecular weight is 498 g/mol. The number of halogens is 4. The summed E-state index contributed by atoms with van der Waals surface area (Å²) >= 11 is 13.2. The first kappa shape index (κ1) is 15.7. The smallest absolute Gasteiger partial charge is 0.294 e. The molecule has 0 saturated carbocycles. The lowest BCUT2D eigenvalue weighted by Crippen LogP contribution is -2.40. The fourth-order valence-corrected chi connectivity index (χ4v) is 3.92. The zero-order chi connectivity index (χ0) is 13.2. The van der Waals surface area contributed by atoms with Crippen LogP contribution in [0.3, 0.4) is 0 Å². The Hall–Kier alpha value is 0.600. The summed E-state index contributed by atoms with van der Waals surface area (Å²) in [6.45, 7) is 0.555. The van der Waals surface area contributed by atoms with Crippen molar-refractivity contribution in [1.82, 2.24) is 9.13 Å². The van der Waals surface area contributed by atoms with Gasteiger partial charge in [-0.05, 0) is 22.4 Å².